The van der Waals surface area contributed by atoms with Crippen LogP contribution < -0.4 is 5.32 Å². The molecule has 3 nitrogen and oxygen atoms in total. The lowest BCUT2D eigenvalue weighted by atomic mass is 9.83. The highest BCUT2D eigenvalue weighted by Gasteiger charge is 2.27. The Morgan fingerprint density at radius 3 is 3.00 bits per heavy atom. The van der Waals surface area contributed by atoms with Crippen molar-refractivity contribution in [3.05, 3.63) is 16.9 Å². The molecule has 1 aromatic heterocycles. The lowest BCUT2D eigenvalue weighted by molar-refractivity contribution is 0.332. The fourth-order valence-corrected chi connectivity index (χ4v) is 3.38. The van der Waals surface area contributed by atoms with Gasteiger partial charge in [0.15, 0.2) is 0 Å². The summed E-state index contributed by atoms with van der Waals surface area (Å²) in [6.07, 6.45) is 7.94. The van der Waals surface area contributed by atoms with E-state index in [1.807, 2.05) is 6.20 Å². The summed E-state index contributed by atoms with van der Waals surface area (Å²) in [4.78, 5) is 0. The molecule has 0 aliphatic heterocycles. The zero-order valence-corrected chi connectivity index (χ0v) is 12.2. The Morgan fingerprint density at radius 1 is 1.44 bits per heavy atom. The van der Waals surface area contributed by atoms with E-state index < -0.39 is 0 Å². The van der Waals surface area contributed by atoms with Crippen LogP contribution in [0.4, 0.5) is 0 Å². The van der Waals surface area contributed by atoms with Crippen molar-refractivity contribution in [2.24, 2.45) is 0 Å². The van der Waals surface area contributed by atoms with E-state index in [0.29, 0.717) is 12.0 Å². The first-order valence-corrected chi connectivity index (χ1v) is 7.58. The van der Waals surface area contributed by atoms with Gasteiger partial charge in [0.05, 0.1) is 16.9 Å². The highest BCUT2D eigenvalue weighted by atomic mass is 35.5. The second kappa shape index (κ2) is 6.58. The molecule has 0 bridgehead atoms. The Balaban J connectivity index is 2.12. The third kappa shape index (κ3) is 3.07. The molecule has 18 heavy (non-hydrogen) atoms. The SMILES string of the molecule is CCCn1ncc(Cl)c1C1CCCC(NCC)C1. The van der Waals surface area contributed by atoms with E-state index in [9.17, 15) is 0 Å². The van der Waals surface area contributed by atoms with Crippen molar-refractivity contribution in [2.75, 3.05) is 6.54 Å². The second-order valence-corrected chi connectivity index (χ2v) is 5.63. The van der Waals surface area contributed by atoms with Gasteiger partial charge >= 0.3 is 0 Å². The third-order valence-electron chi connectivity index (χ3n) is 3.82. The Kier molecular flexibility index (Phi) is 5.07. The van der Waals surface area contributed by atoms with Gasteiger partial charge in [-0.1, -0.05) is 31.9 Å². The van der Waals surface area contributed by atoms with Crippen molar-refractivity contribution in [3.8, 4) is 0 Å². The fourth-order valence-electron chi connectivity index (χ4n) is 3.08. The van der Waals surface area contributed by atoms with Crippen LogP contribution in [-0.4, -0.2) is 22.4 Å². The molecule has 0 radical (unpaired) electrons. The van der Waals surface area contributed by atoms with E-state index in [4.69, 9.17) is 11.6 Å². The minimum absolute atomic E-state index is 0.573. The topological polar surface area (TPSA) is 29.9 Å². The molecule has 0 saturated heterocycles. The van der Waals surface area contributed by atoms with Crippen LogP contribution in [0.1, 0.15) is 57.6 Å². The normalized spacial score (nSPS) is 24.4. The molecule has 1 aliphatic carbocycles. The molecule has 2 atom stereocenters. The molecule has 0 aromatic carbocycles. The molecule has 4 heteroatoms. The Morgan fingerprint density at radius 2 is 2.28 bits per heavy atom. The maximum Gasteiger partial charge on any atom is 0.0820 e. The van der Waals surface area contributed by atoms with Gasteiger partial charge < -0.3 is 5.32 Å². The number of hydrogen-bond donors (Lipinski definition) is 1. The molecular weight excluding hydrogens is 246 g/mol. The molecule has 2 unspecified atom stereocenters. The van der Waals surface area contributed by atoms with Crippen LogP contribution in [0, 0.1) is 0 Å². The van der Waals surface area contributed by atoms with Crippen LogP contribution in [0.5, 0.6) is 0 Å². The van der Waals surface area contributed by atoms with E-state index in [2.05, 4.69) is 28.9 Å². The number of rotatable bonds is 5. The van der Waals surface area contributed by atoms with Gasteiger partial charge in [-0.2, -0.15) is 5.10 Å². The number of nitrogens with one attached hydrogen (secondary N) is 1. The van der Waals surface area contributed by atoms with Crippen LogP contribution in [0.3, 0.4) is 0 Å². The van der Waals surface area contributed by atoms with Crippen LogP contribution >= 0.6 is 11.6 Å². The molecule has 1 heterocycles. The van der Waals surface area contributed by atoms with Gasteiger partial charge in [-0.25, -0.2) is 0 Å². The van der Waals surface area contributed by atoms with Crippen LogP contribution in [0.15, 0.2) is 6.20 Å². The monoisotopic (exact) mass is 269 g/mol. The summed E-state index contributed by atoms with van der Waals surface area (Å²) in [5, 5.41) is 8.84. The van der Waals surface area contributed by atoms with E-state index in [1.54, 1.807) is 0 Å². The Labute approximate surface area is 115 Å². The molecule has 2 rings (SSSR count). The van der Waals surface area contributed by atoms with E-state index in [1.165, 1.54) is 31.4 Å². The summed E-state index contributed by atoms with van der Waals surface area (Å²) in [7, 11) is 0. The minimum atomic E-state index is 0.573. The summed E-state index contributed by atoms with van der Waals surface area (Å²) in [5.74, 6) is 0.573. The van der Waals surface area contributed by atoms with E-state index in [-0.39, 0.29) is 0 Å². The van der Waals surface area contributed by atoms with Crippen molar-refractivity contribution in [3.63, 3.8) is 0 Å². The summed E-state index contributed by atoms with van der Waals surface area (Å²) in [5.41, 5.74) is 1.26. The number of aromatic nitrogens is 2. The van der Waals surface area contributed by atoms with Gasteiger partial charge in [0.25, 0.3) is 0 Å². The average molecular weight is 270 g/mol. The molecule has 0 spiro atoms. The highest BCUT2D eigenvalue weighted by molar-refractivity contribution is 6.31. The summed E-state index contributed by atoms with van der Waals surface area (Å²) in [6, 6.07) is 0.648. The minimum Gasteiger partial charge on any atom is -0.314 e. The smallest absolute Gasteiger partial charge is 0.0820 e. The van der Waals surface area contributed by atoms with E-state index >= 15 is 0 Å². The van der Waals surface area contributed by atoms with E-state index in [0.717, 1.165) is 24.5 Å². The maximum atomic E-state index is 6.34. The Bertz CT molecular complexity index is 373. The third-order valence-corrected chi connectivity index (χ3v) is 4.11. The van der Waals surface area contributed by atoms with Gasteiger partial charge in [-0.05, 0) is 32.2 Å². The van der Waals surface area contributed by atoms with Gasteiger partial charge in [0, 0.05) is 18.5 Å². The molecule has 102 valence electrons. The molecule has 1 aromatic rings. The fraction of sp³-hybridized carbons (Fsp3) is 0.786. The number of halogens is 1. The van der Waals surface area contributed by atoms with Crippen LogP contribution in [0.2, 0.25) is 5.02 Å². The maximum absolute atomic E-state index is 6.34. The van der Waals surface area contributed by atoms with Crippen molar-refractivity contribution in [2.45, 2.75) is 64.5 Å². The summed E-state index contributed by atoms with van der Waals surface area (Å²) in [6.45, 7) is 6.39. The first kappa shape index (κ1) is 13.9. The van der Waals surface area contributed by atoms with Crippen molar-refractivity contribution in [1.29, 1.82) is 0 Å². The first-order valence-electron chi connectivity index (χ1n) is 7.20. The van der Waals surface area contributed by atoms with Gasteiger partial charge in [-0.3, -0.25) is 4.68 Å². The molecule has 1 aliphatic rings. The summed E-state index contributed by atoms with van der Waals surface area (Å²) >= 11 is 6.34. The van der Waals surface area contributed by atoms with Gasteiger partial charge in [-0.15, -0.1) is 0 Å². The molecule has 1 fully saturated rings. The largest absolute Gasteiger partial charge is 0.314 e. The molecule has 1 saturated carbocycles. The second-order valence-electron chi connectivity index (χ2n) is 5.22. The lowest BCUT2D eigenvalue weighted by Crippen LogP contribution is -2.33. The van der Waals surface area contributed by atoms with Crippen molar-refractivity contribution < 1.29 is 0 Å². The molecule has 0 amide bonds. The summed E-state index contributed by atoms with van der Waals surface area (Å²) < 4.78 is 2.11. The predicted octanol–water partition coefficient (Wildman–Crippen LogP) is 3.58. The zero-order chi connectivity index (χ0) is 13.0. The molecular formula is C14H24ClN3. The quantitative estimate of drug-likeness (QED) is 0.885. The Hall–Kier alpha value is -0.540. The number of aryl methyl sites for hydroxylation is 1. The lowest BCUT2D eigenvalue weighted by Gasteiger charge is -2.30. The van der Waals surface area contributed by atoms with Gasteiger partial charge in [0.2, 0.25) is 0 Å². The number of nitrogens with zero attached hydrogens (tertiary/aromatic N) is 2. The standard InChI is InChI=1S/C14H24ClN3/c1-3-8-18-14(13(15)10-17-18)11-6-5-7-12(9-11)16-4-2/h10-12,16H,3-9H2,1-2H3. The first-order chi connectivity index (χ1) is 8.76. The van der Waals surface area contributed by atoms with Crippen molar-refractivity contribution >= 4 is 11.6 Å². The van der Waals surface area contributed by atoms with Crippen LogP contribution in [0.25, 0.3) is 0 Å². The number of hydrogen-bond acceptors (Lipinski definition) is 2. The van der Waals surface area contributed by atoms with Crippen LogP contribution in [-0.2, 0) is 6.54 Å². The average Bonchev–Trinajstić information content (AvgIpc) is 2.72. The highest BCUT2D eigenvalue weighted by Crippen LogP contribution is 2.36. The van der Waals surface area contributed by atoms with Crippen molar-refractivity contribution in [1.82, 2.24) is 15.1 Å². The molecule has 1 N–H and O–H groups in total. The van der Waals surface area contributed by atoms with Gasteiger partial charge in [0.1, 0.15) is 0 Å². The zero-order valence-electron chi connectivity index (χ0n) is 11.5. The predicted molar refractivity (Wildman–Crippen MR) is 76.2 cm³/mol.